The van der Waals surface area contributed by atoms with Crippen LogP contribution in [-0.2, 0) is 0 Å². The first-order valence-corrected chi connectivity index (χ1v) is 7.27. The van der Waals surface area contributed by atoms with Crippen LogP contribution in [0.2, 0.25) is 0 Å². The molecule has 0 bridgehead atoms. The number of aryl methyl sites for hydroxylation is 2. The molecule has 0 spiro atoms. The molecule has 0 aliphatic carbocycles. The highest BCUT2D eigenvalue weighted by molar-refractivity contribution is 7.99. The van der Waals surface area contributed by atoms with Gasteiger partial charge in [-0.15, -0.1) is 0 Å². The molecule has 2 unspecified atom stereocenters. The Balaban J connectivity index is 2.28. The first-order valence-electron chi connectivity index (χ1n) is 6.12. The van der Waals surface area contributed by atoms with Crippen molar-refractivity contribution in [1.29, 1.82) is 0 Å². The quantitative estimate of drug-likeness (QED) is 0.896. The van der Waals surface area contributed by atoms with Gasteiger partial charge < -0.3 is 10.5 Å². The van der Waals surface area contributed by atoms with Crippen LogP contribution in [0.3, 0.4) is 0 Å². The molecular weight excluding hydrogens is 230 g/mol. The normalized spacial score (nSPS) is 21.5. The first-order chi connectivity index (χ1) is 8.13. The van der Waals surface area contributed by atoms with Crippen LogP contribution in [0.1, 0.15) is 29.2 Å². The van der Waals surface area contributed by atoms with Crippen LogP contribution < -0.4 is 10.5 Å². The van der Waals surface area contributed by atoms with Gasteiger partial charge in [-0.1, -0.05) is 6.07 Å². The molecule has 1 aliphatic heterocycles. The molecule has 1 aromatic rings. The maximum Gasteiger partial charge on any atom is 0.122 e. The lowest BCUT2D eigenvalue weighted by Gasteiger charge is -2.22. The molecule has 2 rings (SSSR count). The number of rotatable bonds is 3. The summed E-state index contributed by atoms with van der Waals surface area (Å²) in [6.45, 7) is 4.21. The van der Waals surface area contributed by atoms with Crippen molar-refractivity contribution in [2.24, 2.45) is 11.7 Å². The second-order valence-corrected chi connectivity index (χ2v) is 5.98. The fourth-order valence-electron chi connectivity index (χ4n) is 2.48. The van der Waals surface area contributed by atoms with Crippen LogP contribution in [0.15, 0.2) is 12.1 Å². The summed E-state index contributed by atoms with van der Waals surface area (Å²) in [6, 6.07) is 4.48. The van der Waals surface area contributed by atoms with E-state index in [1.54, 1.807) is 7.11 Å². The van der Waals surface area contributed by atoms with Gasteiger partial charge in [0.05, 0.1) is 7.11 Å². The van der Waals surface area contributed by atoms with Crippen molar-refractivity contribution in [1.82, 2.24) is 0 Å². The molecule has 0 saturated carbocycles. The Morgan fingerprint density at radius 3 is 2.71 bits per heavy atom. The zero-order valence-electron chi connectivity index (χ0n) is 10.8. The molecule has 3 heteroatoms. The van der Waals surface area contributed by atoms with Gasteiger partial charge in [0.2, 0.25) is 0 Å². The number of ether oxygens (including phenoxy) is 1. The lowest BCUT2D eigenvalue weighted by atomic mass is 9.89. The third-order valence-electron chi connectivity index (χ3n) is 3.62. The largest absolute Gasteiger partial charge is 0.496 e. The summed E-state index contributed by atoms with van der Waals surface area (Å²) in [7, 11) is 1.72. The molecule has 0 aromatic heterocycles. The van der Waals surface area contributed by atoms with Crippen molar-refractivity contribution in [2.45, 2.75) is 26.3 Å². The number of hydrogen-bond donors (Lipinski definition) is 1. The number of nitrogens with two attached hydrogens (primary N) is 1. The standard InChI is InChI=1S/C14H21NOS/c1-9-7-13(16-3)10(2)6-12(9)14(15)11-4-5-17-8-11/h6-7,11,14H,4-5,8,15H2,1-3H3. The average molecular weight is 251 g/mol. The topological polar surface area (TPSA) is 35.2 Å². The number of methoxy groups -OCH3 is 1. The molecule has 1 saturated heterocycles. The molecule has 2 atom stereocenters. The summed E-state index contributed by atoms with van der Waals surface area (Å²) in [5.41, 5.74) is 10.1. The van der Waals surface area contributed by atoms with E-state index in [1.165, 1.54) is 34.6 Å². The first kappa shape index (κ1) is 12.8. The monoisotopic (exact) mass is 251 g/mol. The Labute approximate surface area is 108 Å². The van der Waals surface area contributed by atoms with Crippen LogP contribution in [0.4, 0.5) is 0 Å². The number of hydrogen-bond acceptors (Lipinski definition) is 3. The zero-order chi connectivity index (χ0) is 12.4. The molecule has 1 fully saturated rings. The fraction of sp³-hybridized carbons (Fsp3) is 0.571. The van der Waals surface area contributed by atoms with Gasteiger partial charge >= 0.3 is 0 Å². The van der Waals surface area contributed by atoms with E-state index in [4.69, 9.17) is 10.5 Å². The summed E-state index contributed by atoms with van der Waals surface area (Å²) in [5.74, 6) is 4.05. The summed E-state index contributed by atoms with van der Waals surface area (Å²) in [6.07, 6.45) is 1.25. The number of benzene rings is 1. The minimum absolute atomic E-state index is 0.176. The molecule has 2 nitrogen and oxygen atoms in total. The van der Waals surface area contributed by atoms with Crippen LogP contribution in [0.5, 0.6) is 5.75 Å². The van der Waals surface area contributed by atoms with Gasteiger partial charge in [-0.3, -0.25) is 0 Å². The fourth-order valence-corrected chi connectivity index (χ4v) is 3.79. The lowest BCUT2D eigenvalue weighted by molar-refractivity contribution is 0.410. The molecule has 94 valence electrons. The second kappa shape index (κ2) is 5.32. The zero-order valence-corrected chi connectivity index (χ0v) is 11.6. The van der Waals surface area contributed by atoms with Gasteiger partial charge in [0, 0.05) is 6.04 Å². The summed E-state index contributed by atoms with van der Waals surface area (Å²) < 4.78 is 5.34. The summed E-state index contributed by atoms with van der Waals surface area (Å²) in [5, 5.41) is 0. The number of thioether (sulfide) groups is 1. The molecule has 1 heterocycles. The maximum absolute atomic E-state index is 6.41. The van der Waals surface area contributed by atoms with Gasteiger partial charge in [-0.25, -0.2) is 0 Å². The molecule has 1 aromatic carbocycles. The molecule has 0 radical (unpaired) electrons. The smallest absolute Gasteiger partial charge is 0.122 e. The van der Waals surface area contributed by atoms with Crippen molar-refractivity contribution in [3.05, 3.63) is 28.8 Å². The van der Waals surface area contributed by atoms with Gasteiger partial charge in [0.25, 0.3) is 0 Å². The van der Waals surface area contributed by atoms with Crippen molar-refractivity contribution < 1.29 is 4.74 Å². The average Bonchev–Trinajstić information content (AvgIpc) is 2.84. The van der Waals surface area contributed by atoms with Gasteiger partial charge in [0.1, 0.15) is 5.75 Å². The van der Waals surface area contributed by atoms with Gasteiger partial charge in [-0.2, -0.15) is 11.8 Å². The molecule has 2 N–H and O–H groups in total. The van der Waals surface area contributed by atoms with Crippen LogP contribution in [-0.4, -0.2) is 18.6 Å². The van der Waals surface area contributed by atoms with Crippen molar-refractivity contribution in [3.8, 4) is 5.75 Å². The second-order valence-electron chi connectivity index (χ2n) is 4.83. The highest BCUT2D eigenvalue weighted by Gasteiger charge is 2.25. The molecule has 17 heavy (non-hydrogen) atoms. The van der Waals surface area contributed by atoms with E-state index in [1.807, 2.05) is 11.8 Å². The van der Waals surface area contributed by atoms with Crippen molar-refractivity contribution >= 4 is 11.8 Å². The Kier molecular flexibility index (Phi) is 4.00. The minimum atomic E-state index is 0.176. The minimum Gasteiger partial charge on any atom is -0.496 e. The van der Waals surface area contributed by atoms with E-state index < -0.39 is 0 Å². The lowest BCUT2D eigenvalue weighted by Crippen LogP contribution is -2.22. The van der Waals surface area contributed by atoms with Gasteiger partial charge in [-0.05, 0) is 60.4 Å². The van der Waals surface area contributed by atoms with E-state index in [0.29, 0.717) is 5.92 Å². The van der Waals surface area contributed by atoms with Crippen LogP contribution in [0, 0.1) is 19.8 Å². The van der Waals surface area contributed by atoms with Gasteiger partial charge in [0.15, 0.2) is 0 Å². The molecule has 0 amide bonds. The Morgan fingerprint density at radius 1 is 1.35 bits per heavy atom. The maximum atomic E-state index is 6.41. The highest BCUT2D eigenvalue weighted by Crippen LogP contribution is 2.35. The summed E-state index contributed by atoms with van der Waals surface area (Å²) in [4.78, 5) is 0. The Bertz CT molecular complexity index is 399. The SMILES string of the molecule is COc1cc(C)c(C(N)C2CCSC2)cc1C. The van der Waals surface area contributed by atoms with E-state index >= 15 is 0 Å². The van der Waals surface area contributed by atoms with E-state index in [0.717, 1.165) is 5.75 Å². The van der Waals surface area contributed by atoms with Crippen molar-refractivity contribution in [2.75, 3.05) is 18.6 Å². The predicted molar refractivity (Wildman–Crippen MR) is 74.8 cm³/mol. The third kappa shape index (κ3) is 2.61. The Hall–Kier alpha value is -0.670. The van der Waals surface area contributed by atoms with Crippen LogP contribution >= 0.6 is 11.8 Å². The summed E-state index contributed by atoms with van der Waals surface area (Å²) >= 11 is 2.02. The third-order valence-corrected chi connectivity index (χ3v) is 4.80. The van der Waals surface area contributed by atoms with E-state index in [2.05, 4.69) is 26.0 Å². The van der Waals surface area contributed by atoms with Crippen molar-refractivity contribution in [3.63, 3.8) is 0 Å². The van der Waals surface area contributed by atoms with Crippen LogP contribution in [0.25, 0.3) is 0 Å². The predicted octanol–water partition coefficient (Wildman–Crippen LogP) is 3.06. The molecular formula is C14H21NOS. The highest BCUT2D eigenvalue weighted by atomic mass is 32.2. The van der Waals surface area contributed by atoms with E-state index in [-0.39, 0.29) is 6.04 Å². The Morgan fingerprint density at radius 2 is 2.12 bits per heavy atom. The molecule has 1 aliphatic rings. The van der Waals surface area contributed by atoms with E-state index in [9.17, 15) is 0 Å².